The van der Waals surface area contributed by atoms with Gasteiger partial charge in [-0.3, -0.25) is 4.79 Å². The molecule has 0 aliphatic carbocycles. The molecule has 15 heavy (non-hydrogen) atoms. The van der Waals surface area contributed by atoms with Gasteiger partial charge in [-0.15, -0.1) is 0 Å². The lowest BCUT2D eigenvalue weighted by molar-refractivity contribution is 0.101. The van der Waals surface area contributed by atoms with E-state index < -0.39 is 0 Å². The summed E-state index contributed by atoms with van der Waals surface area (Å²) < 4.78 is 5.55. The number of hydrogen-bond donors (Lipinski definition) is 0. The molecule has 0 fully saturated rings. The van der Waals surface area contributed by atoms with Crippen LogP contribution in [-0.2, 0) is 0 Å². The Labute approximate surface area is 90.7 Å². The number of nitrogens with zero attached hydrogens (tertiary/aromatic N) is 1. The van der Waals surface area contributed by atoms with Gasteiger partial charge in [0, 0.05) is 6.54 Å². The molecular formula is C12H17NO2. The highest BCUT2D eigenvalue weighted by molar-refractivity contribution is 5.96. The molecule has 3 heteroatoms. The van der Waals surface area contributed by atoms with E-state index in [4.69, 9.17) is 4.74 Å². The van der Waals surface area contributed by atoms with E-state index in [-0.39, 0.29) is 5.78 Å². The molecule has 0 unspecified atom stereocenters. The third-order valence-corrected chi connectivity index (χ3v) is 2.06. The van der Waals surface area contributed by atoms with Crippen LogP contribution in [0.3, 0.4) is 0 Å². The molecule has 0 saturated heterocycles. The lowest BCUT2D eigenvalue weighted by Gasteiger charge is -2.12. The van der Waals surface area contributed by atoms with Gasteiger partial charge >= 0.3 is 0 Å². The van der Waals surface area contributed by atoms with Crippen LogP contribution in [0.25, 0.3) is 0 Å². The van der Waals surface area contributed by atoms with E-state index in [1.807, 2.05) is 37.2 Å². The molecule has 82 valence electrons. The number of Topliss-reactive ketones (excluding diaryl/α,β-unsaturated/α-hetero) is 1. The van der Waals surface area contributed by atoms with Gasteiger partial charge in [-0.05, 0) is 33.2 Å². The lowest BCUT2D eigenvalue weighted by atomic mass is 10.1. The molecule has 0 bridgehead atoms. The zero-order chi connectivity index (χ0) is 11.3. The smallest absolute Gasteiger partial charge is 0.163 e. The fourth-order valence-corrected chi connectivity index (χ4v) is 1.22. The molecule has 0 atom stereocenters. The molecular weight excluding hydrogens is 190 g/mol. The van der Waals surface area contributed by atoms with Crippen molar-refractivity contribution in [1.82, 2.24) is 4.90 Å². The number of benzene rings is 1. The number of rotatable bonds is 5. The maximum Gasteiger partial charge on any atom is 0.163 e. The monoisotopic (exact) mass is 207 g/mol. The number of likely N-dealkylation sites (N-methyl/N-ethyl adjacent to an activating group) is 1. The third-order valence-electron chi connectivity index (χ3n) is 2.06. The highest BCUT2D eigenvalue weighted by atomic mass is 16.5. The van der Waals surface area contributed by atoms with Crippen molar-refractivity contribution < 1.29 is 9.53 Å². The average molecular weight is 207 g/mol. The van der Waals surface area contributed by atoms with Gasteiger partial charge in [-0.1, -0.05) is 12.1 Å². The van der Waals surface area contributed by atoms with Crippen molar-refractivity contribution in [2.45, 2.75) is 6.92 Å². The largest absolute Gasteiger partial charge is 0.491 e. The van der Waals surface area contributed by atoms with Crippen LogP contribution in [0.4, 0.5) is 0 Å². The van der Waals surface area contributed by atoms with Crippen molar-refractivity contribution in [2.75, 3.05) is 27.2 Å². The Morgan fingerprint density at radius 3 is 2.60 bits per heavy atom. The van der Waals surface area contributed by atoms with Crippen LogP contribution in [0, 0.1) is 0 Å². The Hall–Kier alpha value is -1.35. The van der Waals surface area contributed by atoms with E-state index >= 15 is 0 Å². The normalized spacial score (nSPS) is 10.4. The summed E-state index contributed by atoms with van der Waals surface area (Å²) in [6, 6.07) is 7.33. The first-order valence-corrected chi connectivity index (χ1v) is 4.98. The highest BCUT2D eigenvalue weighted by Crippen LogP contribution is 2.17. The molecule has 0 radical (unpaired) electrons. The van der Waals surface area contributed by atoms with Crippen LogP contribution in [0.1, 0.15) is 17.3 Å². The standard InChI is InChI=1S/C12H17NO2/c1-10(14)11-6-4-5-7-12(11)15-9-8-13(2)3/h4-7H,8-9H2,1-3H3. The van der Waals surface area contributed by atoms with Crippen molar-refractivity contribution in [3.05, 3.63) is 29.8 Å². The highest BCUT2D eigenvalue weighted by Gasteiger charge is 2.06. The first kappa shape index (κ1) is 11.7. The van der Waals surface area contributed by atoms with Crippen molar-refractivity contribution in [3.63, 3.8) is 0 Å². The molecule has 0 aliphatic rings. The molecule has 0 heterocycles. The Kier molecular flexibility index (Phi) is 4.31. The maximum atomic E-state index is 11.3. The van der Waals surface area contributed by atoms with Gasteiger partial charge in [0.05, 0.1) is 5.56 Å². The summed E-state index contributed by atoms with van der Waals surface area (Å²) in [4.78, 5) is 13.3. The number of ketones is 1. The average Bonchev–Trinajstić information content (AvgIpc) is 2.17. The molecule has 3 nitrogen and oxygen atoms in total. The molecule has 0 N–H and O–H groups in total. The van der Waals surface area contributed by atoms with E-state index in [0.29, 0.717) is 17.9 Å². The number of ether oxygens (including phenoxy) is 1. The third kappa shape index (κ3) is 3.72. The lowest BCUT2D eigenvalue weighted by Crippen LogP contribution is -2.19. The SMILES string of the molecule is CC(=O)c1ccccc1OCCN(C)C. The fourth-order valence-electron chi connectivity index (χ4n) is 1.22. The summed E-state index contributed by atoms with van der Waals surface area (Å²) in [6.45, 7) is 2.98. The summed E-state index contributed by atoms with van der Waals surface area (Å²) in [7, 11) is 3.97. The van der Waals surface area contributed by atoms with E-state index in [0.717, 1.165) is 6.54 Å². The van der Waals surface area contributed by atoms with Gasteiger partial charge in [0.25, 0.3) is 0 Å². The molecule has 0 saturated carbocycles. The first-order valence-electron chi connectivity index (χ1n) is 4.98. The maximum absolute atomic E-state index is 11.3. The molecule has 1 aromatic carbocycles. The second-order valence-corrected chi connectivity index (χ2v) is 3.70. The molecule has 0 aliphatic heterocycles. The zero-order valence-corrected chi connectivity index (χ0v) is 9.49. The second kappa shape index (κ2) is 5.51. The minimum Gasteiger partial charge on any atom is -0.491 e. The number of carbonyl (C=O) groups is 1. The van der Waals surface area contributed by atoms with Crippen LogP contribution < -0.4 is 4.74 Å². The van der Waals surface area contributed by atoms with Crippen LogP contribution in [0.5, 0.6) is 5.75 Å². The Bertz CT molecular complexity index is 334. The number of para-hydroxylation sites is 1. The molecule has 0 spiro atoms. The quantitative estimate of drug-likeness (QED) is 0.690. The summed E-state index contributed by atoms with van der Waals surface area (Å²) in [5.41, 5.74) is 0.649. The van der Waals surface area contributed by atoms with Gasteiger partial charge in [0.15, 0.2) is 5.78 Å². The van der Waals surface area contributed by atoms with Crippen LogP contribution in [-0.4, -0.2) is 37.9 Å². The van der Waals surface area contributed by atoms with Gasteiger partial charge in [-0.2, -0.15) is 0 Å². The zero-order valence-electron chi connectivity index (χ0n) is 9.49. The van der Waals surface area contributed by atoms with Crippen LogP contribution >= 0.6 is 0 Å². The van der Waals surface area contributed by atoms with Crippen molar-refractivity contribution in [1.29, 1.82) is 0 Å². The summed E-state index contributed by atoms with van der Waals surface area (Å²) in [5, 5.41) is 0. The Morgan fingerprint density at radius 1 is 1.33 bits per heavy atom. The topological polar surface area (TPSA) is 29.5 Å². The van der Waals surface area contributed by atoms with E-state index in [2.05, 4.69) is 0 Å². The van der Waals surface area contributed by atoms with Crippen LogP contribution in [0.15, 0.2) is 24.3 Å². The minimum atomic E-state index is 0.0375. The number of carbonyl (C=O) groups excluding carboxylic acids is 1. The van der Waals surface area contributed by atoms with E-state index in [9.17, 15) is 4.79 Å². The molecule has 0 amide bonds. The fraction of sp³-hybridized carbons (Fsp3) is 0.417. The Balaban J connectivity index is 2.63. The van der Waals surface area contributed by atoms with E-state index in [1.54, 1.807) is 13.0 Å². The number of hydrogen-bond acceptors (Lipinski definition) is 3. The minimum absolute atomic E-state index is 0.0375. The van der Waals surface area contributed by atoms with Crippen molar-refractivity contribution in [2.24, 2.45) is 0 Å². The molecule has 0 aromatic heterocycles. The predicted molar refractivity (Wildman–Crippen MR) is 60.5 cm³/mol. The van der Waals surface area contributed by atoms with Crippen LogP contribution in [0.2, 0.25) is 0 Å². The van der Waals surface area contributed by atoms with Gasteiger partial charge in [0.2, 0.25) is 0 Å². The molecule has 1 aromatic rings. The first-order chi connectivity index (χ1) is 7.11. The van der Waals surface area contributed by atoms with Gasteiger partial charge in [0.1, 0.15) is 12.4 Å². The predicted octanol–water partition coefficient (Wildman–Crippen LogP) is 1.83. The van der Waals surface area contributed by atoms with Crippen molar-refractivity contribution in [3.8, 4) is 5.75 Å². The Morgan fingerprint density at radius 2 is 2.00 bits per heavy atom. The molecule has 1 rings (SSSR count). The second-order valence-electron chi connectivity index (χ2n) is 3.70. The van der Waals surface area contributed by atoms with Crippen molar-refractivity contribution >= 4 is 5.78 Å². The van der Waals surface area contributed by atoms with E-state index in [1.165, 1.54) is 0 Å². The summed E-state index contributed by atoms with van der Waals surface area (Å²) in [6.07, 6.45) is 0. The summed E-state index contributed by atoms with van der Waals surface area (Å²) >= 11 is 0. The summed E-state index contributed by atoms with van der Waals surface area (Å²) in [5.74, 6) is 0.710. The van der Waals surface area contributed by atoms with Gasteiger partial charge in [-0.25, -0.2) is 0 Å². The van der Waals surface area contributed by atoms with Gasteiger partial charge < -0.3 is 9.64 Å².